The third-order valence-corrected chi connectivity index (χ3v) is 3.91. The van der Waals surface area contributed by atoms with Crippen molar-refractivity contribution in [2.24, 2.45) is 5.84 Å². The summed E-state index contributed by atoms with van der Waals surface area (Å²) < 4.78 is 0. The molecule has 2 rings (SSSR count). The number of nitrogens with one attached hydrogen (secondary N) is 1. The molecule has 2 aromatic rings. The third-order valence-electron chi connectivity index (χ3n) is 3.31. The molecule has 0 saturated heterocycles. The Hall–Kier alpha value is -1.06. The molecule has 0 radical (unpaired) electrons. The molecule has 0 aliphatic rings. The first-order valence-corrected chi connectivity index (χ1v) is 7.29. The van der Waals surface area contributed by atoms with E-state index in [0.29, 0.717) is 0 Å². The van der Waals surface area contributed by atoms with Crippen LogP contribution >= 0.6 is 23.2 Å². The summed E-state index contributed by atoms with van der Waals surface area (Å²) in [6.45, 7) is 2.03. The molecule has 4 heteroatoms. The van der Waals surface area contributed by atoms with E-state index in [4.69, 9.17) is 29.0 Å². The minimum atomic E-state index is 0.136. The fourth-order valence-corrected chi connectivity index (χ4v) is 2.62. The van der Waals surface area contributed by atoms with Crippen LogP contribution in [0.4, 0.5) is 0 Å². The van der Waals surface area contributed by atoms with Crippen LogP contribution in [0.15, 0.2) is 42.5 Å². The minimum absolute atomic E-state index is 0.136. The summed E-state index contributed by atoms with van der Waals surface area (Å²) in [5.74, 6) is 5.66. The quantitative estimate of drug-likeness (QED) is 0.649. The van der Waals surface area contributed by atoms with E-state index in [-0.39, 0.29) is 6.04 Å². The third kappa shape index (κ3) is 4.22. The van der Waals surface area contributed by atoms with E-state index in [9.17, 15) is 0 Å². The second-order valence-corrected chi connectivity index (χ2v) is 5.84. The standard InChI is InChI=1S/C16H18Cl2N2/c1-11-2-5-13(16(18)8-11)10-15(20-19)9-12-3-6-14(17)7-4-12/h2-8,15,20H,9-10,19H2,1H3. The number of aryl methyl sites for hydroxylation is 1. The van der Waals surface area contributed by atoms with Crippen molar-refractivity contribution in [1.82, 2.24) is 5.43 Å². The highest BCUT2D eigenvalue weighted by Crippen LogP contribution is 2.20. The van der Waals surface area contributed by atoms with Gasteiger partial charge in [0.25, 0.3) is 0 Å². The summed E-state index contributed by atoms with van der Waals surface area (Å²) in [5.41, 5.74) is 6.33. The van der Waals surface area contributed by atoms with Crippen LogP contribution in [-0.4, -0.2) is 6.04 Å². The van der Waals surface area contributed by atoms with Crippen molar-refractivity contribution in [1.29, 1.82) is 0 Å². The largest absolute Gasteiger partial charge is 0.271 e. The van der Waals surface area contributed by atoms with Crippen LogP contribution in [-0.2, 0) is 12.8 Å². The topological polar surface area (TPSA) is 38.0 Å². The Morgan fingerprint density at radius 2 is 1.75 bits per heavy atom. The molecule has 0 aromatic heterocycles. The Morgan fingerprint density at radius 3 is 2.35 bits per heavy atom. The van der Waals surface area contributed by atoms with Crippen molar-refractivity contribution in [2.45, 2.75) is 25.8 Å². The van der Waals surface area contributed by atoms with E-state index in [1.165, 1.54) is 5.56 Å². The molecule has 0 heterocycles. The van der Waals surface area contributed by atoms with E-state index >= 15 is 0 Å². The van der Waals surface area contributed by atoms with Crippen LogP contribution in [0.1, 0.15) is 16.7 Å². The number of hydrogen-bond acceptors (Lipinski definition) is 2. The number of hydrogen-bond donors (Lipinski definition) is 2. The van der Waals surface area contributed by atoms with Crippen molar-refractivity contribution < 1.29 is 0 Å². The molecule has 2 aromatic carbocycles. The Labute approximate surface area is 129 Å². The lowest BCUT2D eigenvalue weighted by molar-refractivity contribution is 0.522. The number of nitrogens with two attached hydrogens (primary N) is 1. The van der Waals surface area contributed by atoms with Crippen molar-refractivity contribution in [3.05, 3.63) is 69.2 Å². The molecule has 0 aliphatic heterocycles. The first-order valence-electron chi connectivity index (χ1n) is 6.54. The van der Waals surface area contributed by atoms with Gasteiger partial charge in [0.1, 0.15) is 0 Å². The fraction of sp³-hybridized carbons (Fsp3) is 0.250. The summed E-state index contributed by atoms with van der Waals surface area (Å²) in [4.78, 5) is 0. The van der Waals surface area contributed by atoms with Gasteiger partial charge in [-0.05, 0) is 54.7 Å². The molecule has 0 aliphatic carbocycles. The van der Waals surface area contributed by atoms with Gasteiger partial charge in [-0.25, -0.2) is 0 Å². The van der Waals surface area contributed by atoms with Crippen molar-refractivity contribution in [3.8, 4) is 0 Å². The highest BCUT2D eigenvalue weighted by molar-refractivity contribution is 6.31. The fourth-order valence-electron chi connectivity index (χ4n) is 2.18. The van der Waals surface area contributed by atoms with Gasteiger partial charge in [-0.1, -0.05) is 47.5 Å². The Bertz CT molecular complexity index is 567. The van der Waals surface area contributed by atoms with Crippen LogP contribution in [0.5, 0.6) is 0 Å². The molecule has 0 spiro atoms. The summed E-state index contributed by atoms with van der Waals surface area (Å²) in [6, 6.07) is 14.1. The minimum Gasteiger partial charge on any atom is -0.271 e. The van der Waals surface area contributed by atoms with Crippen LogP contribution < -0.4 is 11.3 Å². The van der Waals surface area contributed by atoms with Crippen LogP contribution in [0.25, 0.3) is 0 Å². The number of halogens is 2. The molecule has 0 bridgehead atoms. The van der Waals surface area contributed by atoms with E-state index in [2.05, 4.69) is 17.6 Å². The van der Waals surface area contributed by atoms with Crippen molar-refractivity contribution >= 4 is 23.2 Å². The van der Waals surface area contributed by atoms with Gasteiger partial charge in [-0.15, -0.1) is 0 Å². The molecule has 0 saturated carbocycles. The molecule has 3 N–H and O–H groups in total. The molecule has 2 nitrogen and oxygen atoms in total. The van der Waals surface area contributed by atoms with Crippen LogP contribution in [0, 0.1) is 6.92 Å². The van der Waals surface area contributed by atoms with Gasteiger partial charge in [0.2, 0.25) is 0 Å². The molecule has 20 heavy (non-hydrogen) atoms. The number of benzene rings is 2. The van der Waals surface area contributed by atoms with Gasteiger partial charge in [-0.3, -0.25) is 11.3 Å². The zero-order valence-electron chi connectivity index (χ0n) is 11.4. The number of rotatable bonds is 5. The highest BCUT2D eigenvalue weighted by Gasteiger charge is 2.11. The molecule has 1 unspecified atom stereocenters. The number of hydrazine groups is 1. The lowest BCUT2D eigenvalue weighted by Crippen LogP contribution is -2.38. The van der Waals surface area contributed by atoms with Crippen molar-refractivity contribution in [2.75, 3.05) is 0 Å². The molecular formula is C16H18Cl2N2. The van der Waals surface area contributed by atoms with Gasteiger partial charge in [-0.2, -0.15) is 0 Å². The van der Waals surface area contributed by atoms with Gasteiger partial charge < -0.3 is 0 Å². The highest BCUT2D eigenvalue weighted by atomic mass is 35.5. The Balaban J connectivity index is 2.07. The van der Waals surface area contributed by atoms with Gasteiger partial charge in [0.05, 0.1) is 0 Å². The van der Waals surface area contributed by atoms with Crippen LogP contribution in [0.2, 0.25) is 10.0 Å². The summed E-state index contributed by atoms with van der Waals surface area (Å²) in [6.07, 6.45) is 1.62. The first kappa shape index (κ1) is 15.3. The van der Waals surface area contributed by atoms with Crippen molar-refractivity contribution in [3.63, 3.8) is 0 Å². The normalized spacial score (nSPS) is 12.4. The lowest BCUT2D eigenvalue weighted by Gasteiger charge is -2.17. The predicted molar refractivity (Wildman–Crippen MR) is 86.2 cm³/mol. The average Bonchev–Trinajstić information content (AvgIpc) is 2.43. The lowest BCUT2D eigenvalue weighted by atomic mass is 9.99. The second kappa shape index (κ2) is 7.09. The monoisotopic (exact) mass is 308 g/mol. The predicted octanol–water partition coefficient (Wildman–Crippen LogP) is 3.92. The van der Waals surface area contributed by atoms with Gasteiger partial charge >= 0.3 is 0 Å². The molecule has 106 valence electrons. The maximum Gasteiger partial charge on any atom is 0.0441 e. The zero-order chi connectivity index (χ0) is 14.5. The summed E-state index contributed by atoms with van der Waals surface area (Å²) >= 11 is 12.2. The summed E-state index contributed by atoms with van der Waals surface area (Å²) in [5, 5.41) is 1.54. The van der Waals surface area contributed by atoms with E-state index < -0.39 is 0 Å². The molecule has 0 amide bonds. The van der Waals surface area contributed by atoms with Gasteiger partial charge in [0, 0.05) is 16.1 Å². The van der Waals surface area contributed by atoms with Crippen LogP contribution in [0.3, 0.4) is 0 Å². The van der Waals surface area contributed by atoms with Gasteiger partial charge in [0.15, 0.2) is 0 Å². The smallest absolute Gasteiger partial charge is 0.0441 e. The Morgan fingerprint density at radius 1 is 1.05 bits per heavy atom. The SMILES string of the molecule is Cc1ccc(CC(Cc2ccc(Cl)cc2)NN)c(Cl)c1. The maximum atomic E-state index is 6.27. The van der Waals surface area contributed by atoms with E-state index in [1.807, 2.05) is 37.3 Å². The first-order chi connectivity index (χ1) is 9.58. The van der Waals surface area contributed by atoms with E-state index in [0.717, 1.165) is 34.0 Å². The molecule has 0 fully saturated rings. The Kier molecular flexibility index (Phi) is 5.44. The van der Waals surface area contributed by atoms with E-state index in [1.54, 1.807) is 0 Å². The second-order valence-electron chi connectivity index (χ2n) is 4.99. The zero-order valence-corrected chi connectivity index (χ0v) is 12.9. The average molecular weight is 309 g/mol. The maximum absolute atomic E-state index is 6.27. The summed E-state index contributed by atoms with van der Waals surface area (Å²) in [7, 11) is 0. The molecule has 1 atom stereocenters. The molecular weight excluding hydrogens is 291 g/mol.